The minimum absolute atomic E-state index is 0.00749. The largest absolute Gasteiger partial charge is 0.341 e. The third kappa shape index (κ3) is 36.0. The molecule has 0 atom stereocenters. The molecule has 5 fully saturated rings. The Morgan fingerprint density at radius 1 is 0.216 bits per heavy atom. The molecular weight excluding hydrogens is 1860 g/mol. The number of piperidine rings is 5. The molecule has 5 saturated heterocycles. The quantitative estimate of drug-likeness (QED) is 0.0221. The molecular formula is C117H217N23O8. The molecule has 3 aromatic heterocycles. The molecule has 0 aromatic carbocycles. The van der Waals surface area contributed by atoms with Gasteiger partial charge in [0.2, 0.25) is 53.5 Å². The van der Waals surface area contributed by atoms with Gasteiger partial charge in [0, 0.05) is 185 Å². The smallest absolute Gasteiger partial charge is 0.232 e. The van der Waals surface area contributed by atoms with E-state index in [-0.39, 0.29) is 52.4 Å². The number of hydrogen-bond donors (Lipinski definition) is 0. The monoisotopic (exact) mass is 2070 g/mol. The van der Waals surface area contributed by atoms with Crippen molar-refractivity contribution in [3.8, 4) is 24.1 Å². The lowest BCUT2D eigenvalue weighted by molar-refractivity contribution is -0.475. The van der Waals surface area contributed by atoms with Gasteiger partial charge >= 0.3 is 0 Å². The average Bonchev–Trinajstić information content (AvgIpc) is 0.761. The minimum Gasteiger partial charge on any atom is -0.341 e. The van der Waals surface area contributed by atoms with Crippen molar-refractivity contribution in [2.75, 3.05) is 149 Å². The van der Waals surface area contributed by atoms with Crippen molar-refractivity contribution < 1.29 is 39.3 Å². The summed E-state index contributed by atoms with van der Waals surface area (Å²) in [5.74, 6) is 12.7. The zero-order valence-electron chi connectivity index (χ0n) is 101. The highest BCUT2D eigenvalue weighted by Gasteiger charge is 2.56. The lowest BCUT2D eigenvalue weighted by Gasteiger charge is -2.56. The van der Waals surface area contributed by atoms with Gasteiger partial charge in [-0.05, 0) is 305 Å². The van der Waals surface area contributed by atoms with Gasteiger partial charge in [0.1, 0.15) is 0 Å². The summed E-state index contributed by atoms with van der Waals surface area (Å²) in [6, 6.07) is 0.107. The van der Waals surface area contributed by atoms with Crippen LogP contribution in [0.3, 0.4) is 0 Å². The lowest BCUT2D eigenvalue weighted by atomic mass is 9.78. The molecule has 0 amide bonds. The second-order valence-corrected chi connectivity index (χ2v) is 50.1. The zero-order valence-corrected chi connectivity index (χ0v) is 101. The number of anilines is 9. The second-order valence-electron chi connectivity index (χ2n) is 50.1. The van der Waals surface area contributed by atoms with Crippen LogP contribution in [0.15, 0.2) is 0 Å². The average molecular weight is 2070 g/mol. The highest BCUT2D eigenvalue weighted by Crippen LogP contribution is 2.50. The predicted molar refractivity (Wildman–Crippen MR) is 612 cm³/mol. The van der Waals surface area contributed by atoms with Crippen LogP contribution in [0, 0.1) is 24.1 Å². The third-order valence-electron chi connectivity index (χ3n) is 31.1. The molecule has 848 valence electrons. The standard InChI is InChI=1S/C117H217N23O8/c1-35-49-66-127(67-50-36-2)99-118-100(128(68-51-37-3)69-52-38-4)121-103(120-99)132(94-84-108(15,16)136(141-79-44-10)109(17,18)85-94)75-62-58-60-64-77-134(95-86-110(19,20)137(142-80-45-11)111(21,22)87-95)106-124-105(131(74-57-43-9)96-88-112(23,24)138(113(25,26)89-96)146-143-81-46-12)125-107(126-106)135(98-92-116(31,32)140(117(33,34)93-98)148-145-83-48-14)78-65-61-59-63-76-133(97-90-114(27,28)139(115(29,30)91-97)147-144-82-47-13)104-122-101(129(70-53-39-5)71-54-40-6)119-102(123-104)130(72-55-41-7)73-56-42-8/h94-98H,35-46,49-81,84-93H2,1-34H3. The molecule has 148 heavy (non-hydrogen) atoms. The van der Waals surface area contributed by atoms with E-state index in [9.17, 15) is 0 Å². The lowest BCUT2D eigenvalue weighted by Crippen LogP contribution is -2.65. The molecule has 0 spiro atoms. The molecule has 5 aliphatic heterocycles. The number of aromatic nitrogens is 9. The van der Waals surface area contributed by atoms with Gasteiger partial charge in [-0.1, -0.05) is 188 Å². The van der Waals surface area contributed by atoms with Crippen LogP contribution in [0.5, 0.6) is 0 Å². The van der Waals surface area contributed by atoms with Crippen molar-refractivity contribution in [3.63, 3.8) is 0 Å². The van der Waals surface area contributed by atoms with Crippen molar-refractivity contribution >= 4 is 53.5 Å². The number of hydroxylamine groups is 10. The number of rotatable bonds is 69. The Bertz CT molecular complexity index is 4220. The van der Waals surface area contributed by atoms with Gasteiger partial charge in [0.05, 0.1) is 19.8 Å². The third-order valence-corrected chi connectivity index (χ3v) is 31.1. The minimum atomic E-state index is -0.557. The SMILES string of the molecule is CC#COON1C(C)(C)CC(N(CCCCCCN(c2nc(N(CCCCCCN(c3nc(N(CCCC)CCCC)nc(N(CCCC)CCCC)n3)C3CC(C)(C)N(OCCC)C(C)(C)C3)C3CC(C)(C)N(OCCC)C(C)(C)C3)nc(N(CCCC)C3CC(C)(C)N(OOCCC)C(C)(C)C3)n2)C2CC(C)(C)N(OOC#CC)C(C)(C)C2)c2nc(N(CCCC)CCCC)nc(N(CCCC)CCCC)n2)CC1(C)C. The summed E-state index contributed by atoms with van der Waals surface area (Å²) in [5, 5.41) is 10.9. The molecule has 0 radical (unpaired) electrons. The first-order chi connectivity index (χ1) is 70.3. The molecule has 0 bridgehead atoms. The first-order valence-corrected chi connectivity index (χ1v) is 59.5. The van der Waals surface area contributed by atoms with Crippen LogP contribution in [0.2, 0.25) is 0 Å². The van der Waals surface area contributed by atoms with Gasteiger partial charge in [-0.15, -0.1) is 20.2 Å². The Balaban J connectivity index is 1.32. The molecule has 0 N–H and O–H groups in total. The van der Waals surface area contributed by atoms with Crippen molar-refractivity contribution in [2.24, 2.45) is 0 Å². The topological polar surface area (TPSA) is 235 Å². The van der Waals surface area contributed by atoms with Crippen LogP contribution in [0.25, 0.3) is 0 Å². The van der Waals surface area contributed by atoms with Crippen molar-refractivity contribution in [1.82, 2.24) is 70.2 Å². The fraction of sp³-hybridized carbons (Fsp3) is 0.889. The fourth-order valence-corrected chi connectivity index (χ4v) is 24.9. The van der Waals surface area contributed by atoms with Crippen molar-refractivity contribution in [3.05, 3.63) is 0 Å². The number of hydrogen-bond acceptors (Lipinski definition) is 31. The Morgan fingerprint density at radius 3 is 0.588 bits per heavy atom. The maximum atomic E-state index is 6.95. The Morgan fingerprint density at radius 2 is 0.392 bits per heavy atom. The summed E-state index contributed by atoms with van der Waals surface area (Å²) in [7, 11) is 0. The van der Waals surface area contributed by atoms with Gasteiger partial charge < -0.3 is 44.1 Å². The number of nitrogens with zero attached hydrogens (tertiary/aromatic N) is 23. The Labute approximate surface area is 902 Å². The molecule has 0 unspecified atom stereocenters. The van der Waals surface area contributed by atoms with Crippen molar-refractivity contribution in [1.29, 1.82) is 0 Å². The fourth-order valence-electron chi connectivity index (χ4n) is 24.9. The van der Waals surface area contributed by atoms with Crippen LogP contribution in [-0.2, 0) is 39.3 Å². The van der Waals surface area contributed by atoms with Crippen LogP contribution in [0.4, 0.5) is 53.5 Å². The molecule has 5 aliphatic rings. The van der Waals surface area contributed by atoms with E-state index in [1.54, 1.807) is 13.8 Å². The van der Waals surface area contributed by atoms with Gasteiger partial charge in [0.25, 0.3) is 0 Å². The van der Waals surface area contributed by atoms with E-state index >= 15 is 0 Å². The highest BCUT2D eigenvalue weighted by molar-refractivity contribution is 5.52. The van der Waals surface area contributed by atoms with E-state index in [0.717, 1.165) is 364 Å². The van der Waals surface area contributed by atoms with Crippen LogP contribution < -0.4 is 44.1 Å². The summed E-state index contributed by atoms with van der Waals surface area (Å²) >= 11 is 0. The van der Waals surface area contributed by atoms with Crippen molar-refractivity contribution in [2.45, 2.75) is 571 Å². The predicted octanol–water partition coefficient (Wildman–Crippen LogP) is 26.0. The molecule has 0 aliphatic carbocycles. The van der Waals surface area contributed by atoms with E-state index in [1.807, 2.05) is 10.1 Å². The Kier molecular flexibility index (Phi) is 51.3. The summed E-state index contributed by atoms with van der Waals surface area (Å²) < 4.78 is 0. The normalized spacial score (nSPS) is 19.5. The van der Waals surface area contributed by atoms with Gasteiger partial charge in [-0.3, -0.25) is 19.5 Å². The first-order valence-electron chi connectivity index (χ1n) is 59.5. The Hall–Kier alpha value is -6.49. The van der Waals surface area contributed by atoms with Crippen LogP contribution in [-0.4, -0.2) is 261 Å². The second kappa shape index (κ2) is 60.0. The maximum absolute atomic E-state index is 6.95. The van der Waals surface area contributed by atoms with Gasteiger partial charge in [-0.25, -0.2) is 4.89 Å². The molecule has 8 rings (SSSR count). The molecule has 31 nitrogen and oxygen atoms in total. The van der Waals surface area contributed by atoms with Gasteiger partial charge in [-0.2, -0.15) is 55.0 Å². The number of unbranched alkanes of at least 4 members (excludes halogenated alkanes) is 15. The maximum Gasteiger partial charge on any atom is 0.232 e. The summed E-state index contributed by atoms with van der Waals surface area (Å²) in [4.78, 5) is 126. The van der Waals surface area contributed by atoms with E-state index in [1.165, 1.54) is 0 Å². The van der Waals surface area contributed by atoms with Crippen LogP contribution in [0.1, 0.15) is 486 Å². The van der Waals surface area contributed by atoms with Crippen LogP contribution >= 0.6 is 0 Å². The highest BCUT2D eigenvalue weighted by atomic mass is 17.3. The first kappa shape index (κ1) is 127. The van der Waals surface area contributed by atoms with E-state index < -0.39 is 33.2 Å². The zero-order chi connectivity index (χ0) is 109. The summed E-state index contributed by atoms with van der Waals surface area (Å²) in [5.41, 5.74) is -4.31. The summed E-state index contributed by atoms with van der Waals surface area (Å²) in [6.45, 7) is 90.0. The van der Waals surface area contributed by atoms with E-state index in [4.69, 9.17) is 84.2 Å². The van der Waals surface area contributed by atoms with E-state index in [2.05, 4.69) is 305 Å². The molecule has 0 saturated carbocycles. The summed E-state index contributed by atoms with van der Waals surface area (Å²) in [6.07, 6.45) is 42.7. The molecule has 8 heterocycles. The molecule has 3 aromatic rings. The van der Waals surface area contributed by atoms with Gasteiger partial charge in [0.15, 0.2) is 12.2 Å². The van der Waals surface area contributed by atoms with E-state index in [0.29, 0.717) is 45.2 Å². The molecule has 31 heteroatoms.